The zero-order chi connectivity index (χ0) is 15.3. The average molecular weight is 313 g/mol. The van der Waals surface area contributed by atoms with Crippen LogP contribution in [0.5, 0.6) is 0 Å². The molecule has 1 N–H and O–H groups in total. The number of nitrogens with zero attached hydrogens (tertiary/aromatic N) is 3. The molecule has 2 heterocycles. The van der Waals surface area contributed by atoms with Gasteiger partial charge in [-0.3, -0.25) is 0 Å². The summed E-state index contributed by atoms with van der Waals surface area (Å²) < 4.78 is 2.37. The Bertz CT molecular complexity index is 1140. The first-order chi connectivity index (χ1) is 10.6. The fourth-order valence-electron chi connectivity index (χ4n) is 2.49. The number of aromatic amines is 1. The van der Waals surface area contributed by atoms with Gasteiger partial charge in [0, 0.05) is 5.02 Å². The first kappa shape index (κ1) is 12.8. The van der Waals surface area contributed by atoms with Crippen LogP contribution < -0.4 is 11.4 Å². The molecule has 0 radical (unpaired) electrons. The molecular formula is C15H9ClN4O2. The molecule has 0 amide bonds. The van der Waals surface area contributed by atoms with Gasteiger partial charge in [-0.05, 0) is 30.3 Å². The van der Waals surface area contributed by atoms with Crippen LogP contribution in [0.3, 0.4) is 0 Å². The molecular weight excluding hydrogens is 304 g/mol. The smallest absolute Gasteiger partial charge is 0.323 e. The fraction of sp³-hybridized carbons (Fsp3) is 0. The largest absolute Gasteiger partial charge is 0.359 e. The number of hydrogen-bond acceptors (Lipinski definition) is 3. The molecule has 22 heavy (non-hydrogen) atoms. The van der Waals surface area contributed by atoms with Crippen molar-refractivity contribution in [1.82, 2.24) is 18.9 Å². The third kappa shape index (κ3) is 1.78. The van der Waals surface area contributed by atoms with Gasteiger partial charge in [0.25, 0.3) is 0 Å². The Morgan fingerprint density at radius 2 is 1.86 bits per heavy atom. The number of rotatable bonds is 1. The average Bonchev–Trinajstić information content (AvgIpc) is 2.85. The second-order valence-electron chi connectivity index (χ2n) is 4.79. The zero-order valence-corrected chi connectivity index (χ0v) is 11.9. The van der Waals surface area contributed by atoms with E-state index in [9.17, 15) is 9.59 Å². The van der Waals surface area contributed by atoms with Crippen LogP contribution in [0.1, 0.15) is 0 Å². The van der Waals surface area contributed by atoms with Crippen molar-refractivity contribution in [2.75, 3.05) is 0 Å². The number of hydrogen-bond donors (Lipinski definition) is 1. The van der Waals surface area contributed by atoms with Crippen LogP contribution in [-0.2, 0) is 0 Å². The molecule has 2 aromatic carbocycles. The molecule has 2 aromatic heterocycles. The first-order valence-electron chi connectivity index (χ1n) is 6.53. The summed E-state index contributed by atoms with van der Waals surface area (Å²) in [5, 5.41) is 0.438. The minimum Gasteiger partial charge on any atom is -0.323 e. The maximum Gasteiger partial charge on any atom is 0.359 e. The Labute approximate surface area is 128 Å². The van der Waals surface area contributed by atoms with E-state index in [1.165, 1.54) is 4.40 Å². The molecule has 108 valence electrons. The summed E-state index contributed by atoms with van der Waals surface area (Å²) in [4.78, 5) is 31.9. The second-order valence-corrected chi connectivity index (χ2v) is 5.23. The van der Waals surface area contributed by atoms with E-state index in [0.717, 1.165) is 10.1 Å². The number of aromatic nitrogens is 4. The standard InChI is InChI=1S/C15H9ClN4O2/c16-9-4-3-5-10(8-9)19-14(21)18-13-17-11-6-1-2-7-12(11)20(13)15(19)22/h1-8H,(H,17,18,21). The summed E-state index contributed by atoms with van der Waals surface area (Å²) in [5.41, 5.74) is 0.629. The van der Waals surface area contributed by atoms with Crippen molar-refractivity contribution in [3.05, 3.63) is 74.5 Å². The summed E-state index contributed by atoms with van der Waals surface area (Å²) in [6, 6.07) is 13.8. The van der Waals surface area contributed by atoms with Gasteiger partial charge in [0.2, 0.25) is 5.78 Å². The normalized spacial score (nSPS) is 11.3. The van der Waals surface area contributed by atoms with Gasteiger partial charge in [-0.2, -0.15) is 4.98 Å². The van der Waals surface area contributed by atoms with Crippen molar-refractivity contribution in [1.29, 1.82) is 0 Å². The van der Waals surface area contributed by atoms with Gasteiger partial charge in [-0.15, -0.1) is 0 Å². The SMILES string of the molecule is O=c1nc2[nH]c3ccccc3n2c(=O)n1-c1cccc(Cl)c1. The molecule has 0 unspecified atom stereocenters. The summed E-state index contributed by atoms with van der Waals surface area (Å²) in [7, 11) is 0. The van der Waals surface area contributed by atoms with Gasteiger partial charge in [-0.1, -0.05) is 29.8 Å². The van der Waals surface area contributed by atoms with Crippen molar-refractivity contribution in [2.45, 2.75) is 0 Å². The van der Waals surface area contributed by atoms with E-state index in [1.807, 2.05) is 18.2 Å². The number of imidazole rings is 1. The maximum absolute atomic E-state index is 12.8. The highest BCUT2D eigenvalue weighted by Crippen LogP contribution is 2.14. The molecule has 0 aliphatic carbocycles. The van der Waals surface area contributed by atoms with Crippen molar-refractivity contribution < 1.29 is 0 Å². The molecule has 0 spiro atoms. The van der Waals surface area contributed by atoms with Crippen LogP contribution in [0.2, 0.25) is 5.02 Å². The van der Waals surface area contributed by atoms with Gasteiger partial charge >= 0.3 is 11.4 Å². The van der Waals surface area contributed by atoms with Crippen LogP contribution >= 0.6 is 11.6 Å². The van der Waals surface area contributed by atoms with Crippen LogP contribution in [-0.4, -0.2) is 18.9 Å². The quantitative estimate of drug-likeness (QED) is 0.584. The molecule has 0 saturated heterocycles. The minimum absolute atomic E-state index is 0.217. The van der Waals surface area contributed by atoms with E-state index in [0.29, 0.717) is 16.2 Å². The third-order valence-electron chi connectivity index (χ3n) is 3.45. The Morgan fingerprint density at radius 3 is 2.68 bits per heavy atom. The summed E-state index contributed by atoms with van der Waals surface area (Å²) in [6.45, 7) is 0. The highest BCUT2D eigenvalue weighted by molar-refractivity contribution is 6.30. The highest BCUT2D eigenvalue weighted by Gasteiger charge is 2.13. The lowest BCUT2D eigenvalue weighted by atomic mass is 10.3. The van der Waals surface area contributed by atoms with E-state index in [-0.39, 0.29) is 5.78 Å². The van der Waals surface area contributed by atoms with Gasteiger partial charge < -0.3 is 4.98 Å². The first-order valence-corrected chi connectivity index (χ1v) is 6.91. The zero-order valence-electron chi connectivity index (χ0n) is 11.2. The molecule has 4 aromatic rings. The molecule has 6 nitrogen and oxygen atoms in total. The van der Waals surface area contributed by atoms with Gasteiger partial charge in [0.1, 0.15) is 0 Å². The number of nitrogens with one attached hydrogen (secondary N) is 1. The number of halogens is 1. The molecule has 0 saturated carbocycles. The Hall–Kier alpha value is -2.86. The number of para-hydroxylation sites is 2. The van der Waals surface area contributed by atoms with Crippen LogP contribution in [0.25, 0.3) is 22.5 Å². The molecule has 4 rings (SSSR count). The van der Waals surface area contributed by atoms with Crippen molar-refractivity contribution in [3.8, 4) is 5.69 Å². The van der Waals surface area contributed by atoms with Gasteiger partial charge in [0.15, 0.2) is 0 Å². The van der Waals surface area contributed by atoms with E-state index >= 15 is 0 Å². The predicted molar refractivity (Wildman–Crippen MR) is 83.9 cm³/mol. The summed E-state index contributed by atoms with van der Waals surface area (Å²) in [6.07, 6.45) is 0. The monoisotopic (exact) mass is 312 g/mol. The fourth-order valence-corrected chi connectivity index (χ4v) is 2.68. The maximum atomic E-state index is 12.8. The molecule has 0 bridgehead atoms. The second kappa shape index (κ2) is 4.57. The topological polar surface area (TPSA) is 72.2 Å². The van der Waals surface area contributed by atoms with Crippen LogP contribution in [0.4, 0.5) is 0 Å². The van der Waals surface area contributed by atoms with Crippen molar-refractivity contribution in [3.63, 3.8) is 0 Å². The molecule has 7 heteroatoms. The number of fused-ring (bicyclic) bond motifs is 3. The predicted octanol–water partition coefficient (Wildman–Crippen LogP) is 1.98. The lowest BCUT2D eigenvalue weighted by molar-refractivity contribution is 0.804. The van der Waals surface area contributed by atoms with Gasteiger partial charge in [0.05, 0.1) is 16.7 Å². The minimum atomic E-state index is -0.654. The van der Waals surface area contributed by atoms with E-state index in [1.54, 1.807) is 30.3 Å². The number of H-pyrrole nitrogens is 1. The summed E-state index contributed by atoms with van der Waals surface area (Å²) >= 11 is 5.94. The molecule has 0 atom stereocenters. The van der Waals surface area contributed by atoms with E-state index in [2.05, 4.69) is 9.97 Å². The Morgan fingerprint density at radius 1 is 1.05 bits per heavy atom. The third-order valence-corrected chi connectivity index (χ3v) is 3.68. The Kier molecular flexibility index (Phi) is 2.67. The molecule has 0 fully saturated rings. The lowest BCUT2D eigenvalue weighted by Crippen LogP contribution is -2.37. The Balaban J connectivity index is 2.19. The van der Waals surface area contributed by atoms with Crippen LogP contribution in [0, 0.1) is 0 Å². The number of benzene rings is 2. The highest BCUT2D eigenvalue weighted by atomic mass is 35.5. The van der Waals surface area contributed by atoms with Gasteiger partial charge in [-0.25, -0.2) is 18.6 Å². The van der Waals surface area contributed by atoms with Crippen molar-refractivity contribution >= 4 is 28.4 Å². The molecule has 0 aliphatic heterocycles. The summed E-state index contributed by atoms with van der Waals surface area (Å²) in [5.74, 6) is 0.217. The van der Waals surface area contributed by atoms with E-state index < -0.39 is 11.4 Å². The lowest BCUT2D eigenvalue weighted by Gasteiger charge is -2.05. The molecule has 0 aliphatic rings. The van der Waals surface area contributed by atoms with Crippen molar-refractivity contribution in [2.24, 2.45) is 0 Å². The van der Waals surface area contributed by atoms with Crippen LogP contribution in [0.15, 0.2) is 58.1 Å². The van der Waals surface area contributed by atoms with E-state index in [4.69, 9.17) is 11.6 Å².